The van der Waals surface area contributed by atoms with Crippen molar-refractivity contribution in [2.24, 2.45) is 0 Å². The van der Waals surface area contributed by atoms with Crippen LogP contribution in [0.15, 0.2) is 150 Å². The Morgan fingerprint density at radius 3 is 2.24 bits per heavy atom. The van der Waals surface area contributed by atoms with Gasteiger partial charge in [0.15, 0.2) is 5.58 Å². The number of aryl methyl sites for hydroxylation is 1. The third kappa shape index (κ3) is 4.31. The Bertz CT molecular complexity index is 2800. The fourth-order valence-corrected chi connectivity index (χ4v) is 9.38. The van der Waals surface area contributed by atoms with Gasteiger partial charge in [0.25, 0.3) is 0 Å². The predicted octanol–water partition coefficient (Wildman–Crippen LogP) is 12.9. The van der Waals surface area contributed by atoms with Crippen LogP contribution >= 0.6 is 11.3 Å². The fourth-order valence-electron chi connectivity index (χ4n) is 8.15. The highest BCUT2D eigenvalue weighted by Crippen LogP contribution is 2.48. The van der Waals surface area contributed by atoms with Crippen molar-refractivity contribution in [1.29, 1.82) is 5.26 Å². The van der Waals surface area contributed by atoms with E-state index in [1.807, 2.05) is 17.4 Å². The summed E-state index contributed by atoms with van der Waals surface area (Å²) < 4.78 is 9.41. The molecule has 0 amide bonds. The maximum absolute atomic E-state index is 10.3. The maximum atomic E-state index is 10.3. The van der Waals surface area contributed by atoms with Gasteiger partial charge in [-0.15, -0.1) is 11.3 Å². The molecule has 2 aromatic heterocycles. The average Bonchev–Trinajstić information content (AvgIpc) is 3.70. The maximum Gasteiger partial charge on any atom is 0.153 e. The molecule has 9 aromatic rings. The number of thiophene rings is 1. The van der Waals surface area contributed by atoms with Gasteiger partial charge in [0, 0.05) is 48.0 Å². The largest absolute Gasteiger partial charge is 0.454 e. The highest BCUT2D eigenvalue weighted by atomic mass is 32.1. The first kappa shape index (κ1) is 28.1. The Morgan fingerprint density at radius 2 is 1.33 bits per heavy atom. The minimum Gasteiger partial charge on any atom is -0.454 e. The molecule has 0 fully saturated rings. The van der Waals surface area contributed by atoms with E-state index in [-0.39, 0.29) is 5.92 Å². The summed E-state index contributed by atoms with van der Waals surface area (Å²) in [5, 5.41) is 14.9. The third-order valence-electron chi connectivity index (χ3n) is 10.4. The number of nitrogens with zero attached hydrogens (tertiary/aromatic N) is 1. The molecule has 1 aliphatic rings. The summed E-state index contributed by atoms with van der Waals surface area (Å²) in [7, 11) is 0. The topological polar surface area (TPSA) is 36.9 Å². The van der Waals surface area contributed by atoms with Crippen molar-refractivity contribution in [1.82, 2.24) is 0 Å². The van der Waals surface area contributed by atoms with Crippen LogP contribution in [0.5, 0.6) is 0 Å². The second kappa shape index (κ2) is 11.1. The van der Waals surface area contributed by atoms with Crippen LogP contribution in [-0.4, -0.2) is 0 Å². The molecule has 2 nitrogen and oxygen atoms in total. The SMILES string of the molecule is N#Cc1ccc(-c2cccc3c2sc2ccccc23)c2c1oc1c(C3CCc4ccc(-c5ccccc5)cc4-c4ccccc43)cccc12. The normalized spacial score (nSPS) is 14.1. The van der Waals surface area contributed by atoms with Gasteiger partial charge in [0.2, 0.25) is 0 Å². The Labute approximate surface area is 288 Å². The van der Waals surface area contributed by atoms with Crippen molar-refractivity contribution in [3.8, 4) is 39.4 Å². The van der Waals surface area contributed by atoms with E-state index in [4.69, 9.17) is 4.42 Å². The summed E-state index contributed by atoms with van der Waals surface area (Å²) in [5.41, 5.74) is 13.3. The monoisotopic (exact) mass is 643 g/mol. The number of furan rings is 1. The molecular formula is C46H29NOS. The smallest absolute Gasteiger partial charge is 0.153 e. The third-order valence-corrected chi connectivity index (χ3v) is 11.6. The summed E-state index contributed by atoms with van der Waals surface area (Å²) >= 11 is 1.83. The zero-order chi connectivity index (χ0) is 32.5. The zero-order valence-electron chi connectivity index (χ0n) is 26.6. The molecule has 0 radical (unpaired) electrons. The van der Waals surface area contributed by atoms with Gasteiger partial charge in [-0.25, -0.2) is 0 Å². The van der Waals surface area contributed by atoms with Crippen LogP contribution in [0.4, 0.5) is 0 Å². The van der Waals surface area contributed by atoms with Gasteiger partial charge < -0.3 is 4.42 Å². The van der Waals surface area contributed by atoms with Gasteiger partial charge in [-0.05, 0) is 70.0 Å². The van der Waals surface area contributed by atoms with E-state index in [0.29, 0.717) is 11.1 Å². The molecular weight excluding hydrogens is 615 g/mol. The van der Waals surface area contributed by atoms with Crippen LogP contribution in [0.25, 0.3) is 75.5 Å². The summed E-state index contributed by atoms with van der Waals surface area (Å²) in [6, 6.07) is 54.7. The van der Waals surface area contributed by atoms with E-state index in [2.05, 4.69) is 146 Å². The highest BCUT2D eigenvalue weighted by molar-refractivity contribution is 7.26. The Hall–Kier alpha value is -5.95. The van der Waals surface area contributed by atoms with Crippen molar-refractivity contribution in [2.75, 3.05) is 0 Å². The van der Waals surface area contributed by atoms with E-state index in [0.717, 1.165) is 34.8 Å². The summed E-state index contributed by atoms with van der Waals surface area (Å²) in [4.78, 5) is 0. The number of benzene rings is 7. The van der Waals surface area contributed by atoms with Crippen molar-refractivity contribution >= 4 is 53.4 Å². The molecule has 0 saturated heterocycles. The van der Waals surface area contributed by atoms with E-state index in [1.54, 1.807) is 0 Å². The molecule has 0 saturated carbocycles. The number of para-hydroxylation sites is 1. The summed E-state index contributed by atoms with van der Waals surface area (Å²) in [6.45, 7) is 0. The van der Waals surface area contributed by atoms with Crippen molar-refractivity contribution < 1.29 is 4.42 Å². The number of rotatable bonds is 3. The quantitative estimate of drug-likeness (QED) is 0.192. The molecule has 2 heterocycles. The molecule has 230 valence electrons. The van der Waals surface area contributed by atoms with Crippen molar-refractivity contribution in [3.63, 3.8) is 0 Å². The van der Waals surface area contributed by atoms with Crippen molar-refractivity contribution in [2.45, 2.75) is 18.8 Å². The van der Waals surface area contributed by atoms with E-state index in [1.165, 1.54) is 64.7 Å². The fraction of sp³-hybridized carbons (Fsp3) is 0.0652. The van der Waals surface area contributed by atoms with Crippen molar-refractivity contribution in [3.05, 3.63) is 168 Å². The first-order valence-electron chi connectivity index (χ1n) is 16.8. The molecule has 1 aliphatic carbocycles. The first-order valence-corrected chi connectivity index (χ1v) is 17.6. The Morgan fingerprint density at radius 1 is 0.571 bits per heavy atom. The minimum absolute atomic E-state index is 0.132. The van der Waals surface area contributed by atoms with E-state index >= 15 is 0 Å². The molecule has 0 spiro atoms. The van der Waals surface area contributed by atoms with Gasteiger partial charge >= 0.3 is 0 Å². The van der Waals surface area contributed by atoms with Gasteiger partial charge in [-0.2, -0.15) is 5.26 Å². The van der Waals surface area contributed by atoms with Crippen LogP contribution in [0, 0.1) is 11.3 Å². The Balaban J connectivity index is 1.18. The number of fused-ring (bicyclic) bond motifs is 9. The van der Waals surface area contributed by atoms with Gasteiger partial charge in [-0.1, -0.05) is 127 Å². The summed E-state index contributed by atoms with van der Waals surface area (Å²) in [6.07, 6.45) is 1.92. The van der Waals surface area contributed by atoms with E-state index in [9.17, 15) is 5.26 Å². The molecule has 0 bridgehead atoms. The highest BCUT2D eigenvalue weighted by Gasteiger charge is 2.28. The standard InChI is InChI=1S/C46H29NOS/c47-27-31-23-25-36(39-17-9-16-38-35-14-6-7-19-42(35)49-46(38)39)43-40-18-8-15-37(45(40)48-44(31)43)34-24-22-29-20-21-30(28-10-2-1-3-11-28)26-41(29)33-13-5-4-12-32(33)34/h1-21,23,25-26,34H,22,24H2. The molecule has 49 heavy (non-hydrogen) atoms. The zero-order valence-corrected chi connectivity index (χ0v) is 27.4. The molecule has 3 heteroatoms. The second-order valence-electron chi connectivity index (χ2n) is 13.0. The lowest BCUT2D eigenvalue weighted by Crippen LogP contribution is -2.02. The number of nitriles is 1. The summed E-state index contributed by atoms with van der Waals surface area (Å²) in [5.74, 6) is 0.132. The van der Waals surface area contributed by atoms with Crippen LogP contribution < -0.4 is 0 Å². The Kier molecular flexibility index (Phi) is 6.34. The molecule has 10 rings (SSSR count). The molecule has 0 N–H and O–H groups in total. The molecule has 1 unspecified atom stereocenters. The lowest BCUT2D eigenvalue weighted by Gasteiger charge is -2.19. The predicted molar refractivity (Wildman–Crippen MR) is 204 cm³/mol. The molecule has 7 aromatic carbocycles. The van der Waals surface area contributed by atoms with Crippen LogP contribution in [0.1, 0.15) is 34.6 Å². The molecule has 1 atom stereocenters. The minimum atomic E-state index is 0.132. The number of hydrogen-bond donors (Lipinski definition) is 0. The number of hydrogen-bond acceptors (Lipinski definition) is 3. The van der Waals surface area contributed by atoms with Crippen LogP contribution in [-0.2, 0) is 6.42 Å². The first-order chi connectivity index (χ1) is 24.3. The van der Waals surface area contributed by atoms with Crippen LogP contribution in [0.2, 0.25) is 0 Å². The van der Waals surface area contributed by atoms with Gasteiger partial charge in [-0.3, -0.25) is 0 Å². The van der Waals surface area contributed by atoms with E-state index < -0.39 is 0 Å². The average molecular weight is 644 g/mol. The second-order valence-corrected chi connectivity index (χ2v) is 14.1. The van der Waals surface area contributed by atoms with Gasteiger partial charge in [0.05, 0.1) is 5.56 Å². The molecule has 0 aliphatic heterocycles. The van der Waals surface area contributed by atoms with Crippen LogP contribution in [0.3, 0.4) is 0 Å². The lowest BCUT2D eigenvalue weighted by atomic mass is 9.84. The lowest BCUT2D eigenvalue weighted by molar-refractivity contribution is 0.646. The van der Waals surface area contributed by atoms with Gasteiger partial charge in [0.1, 0.15) is 11.7 Å².